The fourth-order valence-corrected chi connectivity index (χ4v) is 0.888. The van der Waals surface area contributed by atoms with E-state index >= 15 is 0 Å². The van der Waals surface area contributed by atoms with Gasteiger partial charge in [0.15, 0.2) is 0 Å². The van der Waals surface area contributed by atoms with Crippen LogP contribution in [-0.4, -0.2) is 11.5 Å². The molecular weight excluding hydrogens is 150 g/mol. The highest BCUT2D eigenvalue weighted by Crippen LogP contribution is 2.02. The molecule has 1 aromatic rings. The molecule has 1 rings (SSSR count). The summed E-state index contributed by atoms with van der Waals surface area (Å²) in [6.45, 7) is 2.60. The molecule has 62 valence electrons. The highest BCUT2D eigenvalue weighted by molar-refractivity contribution is 5.34. The molecule has 1 aromatic heterocycles. The molecule has 0 aliphatic rings. The average Bonchev–Trinajstić information content (AvgIpc) is 2.05. The van der Waals surface area contributed by atoms with Crippen molar-refractivity contribution in [3.05, 3.63) is 23.9 Å². The zero-order chi connectivity index (χ0) is 8.81. The Labute approximate surface area is 72.1 Å². The molecule has 1 N–H and O–H groups in total. The first-order valence-electron chi connectivity index (χ1n) is 3.87. The minimum absolute atomic E-state index is 0.510. The van der Waals surface area contributed by atoms with E-state index in [4.69, 9.17) is 5.26 Å². The van der Waals surface area contributed by atoms with E-state index < -0.39 is 0 Å². The van der Waals surface area contributed by atoms with Crippen molar-refractivity contribution in [1.29, 1.82) is 5.26 Å². The lowest BCUT2D eigenvalue weighted by Gasteiger charge is -2.02. The van der Waals surface area contributed by atoms with Gasteiger partial charge in [-0.15, -0.1) is 0 Å². The highest BCUT2D eigenvalue weighted by Gasteiger charge is 1.91. The van der Waals surface area contributed by atoms with Gasteiger partial charge in [-0.05, 0) is 19.1 Å². The van der Waals surface area contributed by atoms with Crippen molar-refractivity contribution < 1.29 is 0 Å². The quantitative estimate of drug-likeness (QED) is 0.686. The Bertz CT molecular complexity index is 288. The molecule has 1 heterocycles. The second-order valence-corrected chi connectivity index (χ2v) is 2.50. The molecule has 0 unspecified atom stereocenters. The summed E-state index contributed by atoms with van der Waals surface area (Å²) in [5.74, 6) is 0.838. The largest absolute Gasteiger partial charge is 0.369 e. The fourth-order valence-electron chi connectivity index (χ4n) is 0.888. The van der Waals surface area contributed by atoms with Crippen LogP contribution in [0.15, 0.2) is 18.2 Å². The number of nitrogens with one attached hydrogen (secondary N) is 1. The smallest absolute Gasteiger partial charge is 0.126 e. The lowest BCUT2D eigenvalue weighted by atomic mass is 10.3. The van der Waals surface area contributed by atoms with Crippen LogP contribution in [0.25, 0.3) is 0 Å². The third kappa shape index (κ3) is 2.59. The molecule has 0 fully saturated rings. The summed E-state index contributed by atoms with van der Waals surface area (Å²) < 4.78 is 0. The lowest BCUT2D eigenvalue weighted by molar-refractivity contribution is 1.05. The molecule has 0 bridgehead atoms. The third-order valence-electron chi connectivity index (χ3n) is 1.43. The van der Waals surface area contributed by atoms with E-state index in [1.807, 2.05) is 25.1 Å². The Morgan fingerprint density at radius 3 is 3.08 bits per heavy atom. The summed E-state index contributed by atoms with van der Waals surface area (Å²) in [6, 6.07) is 7.84. The van der Waals surface area contributed by atoms with E-state index in [0.717, 1.165) is 11.5 Å². The molecule has 0 spiro atoms. The van der Waals surface area contributed by atoms with E-state index in [1.54, 1.807) is 0 Å². The van der Waals surface area contributed by atoms with Gasteiger partial charge in [0.25, 0.3) is 0 Å². The molecular formula is C9H11N3. The molecule has 0 aromatic carbocycles. The van der Waals surface area contributed by atoms with Crippen molar-refractivity contribution in [3.63, 3.8) is 0 Å². The lowest BCUT2D eigenvalue weighted by Crippen LogP contribution is -2.02. The number of pyridine rings is 1. The maximum atomic E-state index is 8.29. The topological polar surface area (TPSA) is 48.7 Å². The van der Waals surface area contributed by atoms with Crippen LogP contribution in [0.2, 0.25) is 0 Å². The summed E-state index contributed by atoms with van der Waals surface area (Å²) in [5.41, 5.74) is 0.983. The van der Waals surface area contributed by atoms with Gasteiger partial charge in [-0.1, -0.05) is 6.07 Å². The van der Waals surface area contributed by atoms with Crippen LogP contribution in [0.5, 0.6) is 0 Å². The molecule has 3 heteroatoms. The van der Waals surface area contributed by atoms with Gasteiger partial charge in [-0.2, -0.15) is 5.26 Å². The van der Waals surface area contributed by atoms with Gasteiger partial charge < -0.3 is 5.32 Å². The first kappa shape index (κ1) is 8.54. The van der Waals surface area contributed by atoms with E-state index in [9.17, 15) is 0 Å². The van der Waals surface area contributed by atoms with Crippen molar-refractivity contribution >= 4 is 5.82 Å². The van der Waals surface area contributed by atoms with Gasteiger partial charge >= 0.3 is 0 Å². The standard InChI is InChI=1S/C9H11N3/c1-8-4-2-5-9(12-8)11-7-3-6-10/h2,4-5H,3,7H2,1H3,(H,11,12). The van der Waals surface area contributed by atoms with Gasteiger partial charge in [0.2, 0.25) is 0 Å². The number of nitrogens with zero attached hydrogens (tertiary/aromatic N) is 2. The minimum atomic E-state index is 0.510. The van der Waals surface area contributed by atoms with E-state index in [1.165, 1.54) is 0 Å². The van der Waals surface area contributed by atoms with Gasteiger partial charge in [0, 0.05) is 12.2 Å². The van der Waals surface area contributed by atoms with Gasteiger partial charge in [0.05, 0.1) is 12.5 Å². The van der Waals surface area contributed by atoms with Crippen LogP contribution in [0.1, 0.15) is 12.1 Å². The monoisotopic (exact) mass is 161 g/mol. The van der Waals surface area contributed by atoms with Crippen LogP contribution in [0.3, 0.4) is 0 Å². The number of rotatable bonds is 3. The number of aromatic nitrogens is 1. The zero-order valence-corrected chi connectivity index (χ0v) is 7.04. The molecule has 3 nitrogen and oxygen atoms in total. The molecule has 0 aliphatic heterocycles. The van der Waals surface area contributed by atoms with Crippen LogP contribution < -0.4 is 5.32 Å². The summed E-state index contributed by atoms with van der Waals surface area (Å²) in [6.07, 6.45) is 0.510. The first-order valence-corrected chi connectivity index (χ1v) is 3.87. The van der Waals surface area contributed by atoms with Crippen molar-refractivity contribution in [2.24, 2.45) is 0 Å². The molecule has 0 atom stereocenters. The zero-order valence-electron chi connectivity index (χ0n) is 7.04. The van der Waals surface area contributed by atoms with E-state index in [0.29, 0.717) is 13.0 Å². The Balaban J connectivity index is 2.48. The van der Waals surface area contributed by atoms with Crippen LogP contribution in [0.4, 0.5) is 5.82 Å². The normalized spacial score (nSPS) is 9.00. The van der Waals surface area contributed by atoms with Crippen molar-refractivity contribution in [2.75, 3.05) is 11.9 Å². The van der Waals surface area contributed by atoms with Gasteiger partial charge in [-0.25, -0.2) is 4.98 Å². The Kier molecular flexibility index (Phi) is 3.09. The SMILES string of the molecule is Cc1cccc(NCCC#N)n1. The Morgan fingerprint density at radius 1 is 1.58 bits per heavy atom. The fraction of sp³-hybridized carbons (Fsp3) is 0.333. The van der Waals surface area contributed by atoms with Crippen LogP contribution in [-0.2, 0) is 0 Å². The van der Waals surface area contributed by atoms with Crippen molar-refractivity contribution in [3.8, 4) is 6.07 Å². The Morgan fingerprint density at radius 2 is 2.42 bits per heavy atom. The van der Waals surface area contributed by atoms with Crippen molar-refractivity contribution in [1.82, 2.24) is 4.98 Å². The maximum absolute atomic E-state index is 8.29. The minimum Gasteiger partial charge on any atom is -0.369 e. The Hall–Kier alpha value is -1.56. The summed E-state index contributed by atoms with van der Waals surface area (Å²) in [4.78, 5) is 4.22. The average molecular weight is 161 g/mol. The molecule has 12 heavy (non-hydrogen) atoms. The third-order valence-corrected chi connectivity index (χ3v) is 1.43. The molecule has 0 radical (unpaired) electrons. The molecule has 0 saturated heterocycles. The maximum Gasteiger partial charge on any atom is 0.126 e. The number of hydrogen-bond acceptors (Lipinski definition) is 3. The first-order chi connectivity index (χ1) is 5.83. The number of aryl methyl sites for hydroxylation is 1. The second-order valence-electron chi connectivity index (χ2n) is 2.50. The summed E-state index contributed by atoms with van der Waals surface area (Å²) >= 11 is 0. The predicted octanol–water partition coefficient (Wildman–Crippen LogP) is 1.72. The number of hydrogen-bond donors (Lipinski definition) is 1. The van der Waals surface area contributed by atoms with Gasteiger partial charge in [-0.3, -0.25) is 0 Å². The van der Waals surface area contributed by atoms with E-state index in [-0.39, 0.29) is 0 Å². The van der Waals surface area contributed by atoms with Crippen LogP contribution >= 0.6 is 0 Å². The summed E-state index contributed by atoms with van der Waals surface area (Å²) in [7, 11) is 0. The predicted molar refractivity (Wildman–Crippen MR) is 47.7 cm³/mol. The van der Waals surface area contributed by atoms with Gasteiger partial charge in [0.1, 0.15) is 5.82 Å². The number of anilines is 1. The molecule has 0 aliphatic carbocycles. The van der Waals surface area contributed by atoms with Crippen molar-refractivity contribution in [2.45, 2.75) is 13.3 Å². The molecule has 0 saturated carbocycles. The number of nitriles is 1. The van der Waals surface area contributed by atoms with E-state index in [2.05, 4.69) is 16.4 Å². The second kappa shape index (κ2) is 4.35. The molecule has 0 amide bonds. The van der Waals surface area contributed by atoms with Crippen LogP contribution in [0, 0.1) is 18.3 Å². The highest BCUT2D eigenvalue weighted by atomic mass is 15.0. The summed E-state index contributed by atoms with van der Waals surface area (Å²) in [5, 5.41) is 11.3.